The maximum Gasteiger partial charge on any atom is 0.387 e. The number of amides is 3. The predicted octanol–water partition coefficient (Wildman–Crippen LogP) is 4.88. The van der Waals surface area contributed by atoms with Gasteiger partial charge in [-0.1, -0.05) is 35.3 Å². The second kappa shape index (κ2) is 11.3. The number of carbonyl (C=O) groups excluding carboxylic acids is 3. The van der Waals surface area contributed by atoms with E-state index in [2.05, 4.69) is 15.2 Å². The van der Waals surface area contributed by atoms with Crippen LogP contribution in [0.15, 0.2) is 42.5 Å². The van der Waals surface area contributed by atoms with Gasteiger partial charge in [-0.2, -0.15) is 13.9 Å². The van der Waals surface area contributed by atoms with Gasteiger partial charge in [0.25, 0.3) is 11.8 Å². The van der Waals surface area contributed by atoms with Crippen molar-refractivity contribution in [3.63, 3.8) is 0 Å². The Morgan fingerprint density at radius 3 is 2.46 bits per heavy atom. The first-order valence-electron chi connectivity index (χ1n) is 12.9. The molecule has 0 saturated carbocycles. The summed E-state index contributed by atoms with van der Waals surface area (Å²) in [4.78, 5) is 43.7. The summed E-state index contributed by atoms with van der Waals surface area (Å²) in [5, 5.41) is 7.92. The summed E-state index contributed by atoms with van der Waals surface area (Å²) < 4.78 is 31.1. The number of likely N-dealkylation sites (N-methyl/N-ethyl adjacent to an activating group) is 1. The number of hydrogen-bond acceptors (Lipinski definition) is 5. The molecule has 216 valence electrons. The topological polar surface area (TPSA) is 96.8 Å². The van der Waals surface area contributed by atoms with E-state index in [1.165, 1.54) is 29.9 Å². The van der Waals surface area contributed by atoms with E-state index in [-0.39, 0.29) is 53.3 Å². The Bertz CT molecular complexity index is 1510. The van der Waals surface area contributed by atoms with Gasteiger partial charge >= 0.3 is 6.61 Å². The summed E-state index contributed by atoms with van der Waals surface area (Å²) >= 11 is 12.2. The Hall–Kier alpha value is -3.70. The lowest BCUT2D eigenvalue weighted by Crippen LogP contribution is -2.49. The lowest BCUT2D eigenvalue weighted by molar-refractivity contribution is -0.125. The van der Waals surface area contributed by atoms with E-state index in [0.717, 1.165) is 0 Å². The number of benzene rings is 2. The fourth-order valence-electron chi connectivity index (χ4n) is 5.37. The van der Waals surface area contributed by atoms with Crippen LogP contribution in [0.2, 0.25) is 10.0 Å². The van der Waals surface area contributed by atoms with E-state index in [1.54, 1.807) is 41.0 Å². The Morgan fingerprint density at radius 2 is 1.83 bits per heavy atom. The molecule has 0 saturated heterocycles. The Kier molecular flexibility index (Phi) is 7.93. The predicted molar refractivity (Wildman–Crippen MR) is 147 cm³/mol. The number of nitrogens with one attached hydrogen (secondary N) is 1. The van der Waals surface area contributed by atoms with E-state index >= 15 is 0 Å². The molecular weight excluding hydrogens is 579 g/mol. The molecule has 0 aliphatic carbocycles. The van der Waals surface area contributed by atoms with Crippen LogP contribution in [-0.4, -0.2) is 63.5 Å². The SMILES string of the molecule is CNC(=O)[C@@H]1CN(C(C)c2ccc(OC(F)F)cc2)C(=O)c2c3c(nn21)C[C@@H](C)N(C(=O)c1ccc(Cl)c(Cl)c1)C3. The van der Waals surface area contributed by atoms with Gasteiger partial charge in [-0.15, -0.1) is 0 Å². The molecule has 0 radical (unpaired) electrons. The van der Waals surface area contributed by atoms with Crippen molar-refractivity contribution < 1.29 is 27.9 Å². The molecular formula is C28H27Cl2F2N5O4. The number of hydrogen-bond donors (Lipinski definition) is 1. The summed E-state index contributed by atoms with van der Waals surface area (Å²) in [6, 6.07) is 9.13. The molecule has 0 spiro atoms. The number of carbonyl (C=O) groups is 3. The van der Waals surface area contributed by atoms with Crippen molar-refractivity contribution in [1.82, 2.24) is 24.9 Å². The van der Waals surface area contributed by atoms with Gasteiger partial charge in [0, 0.05) is 30.6 Å². The van der Waals surface area contributed by atoms with Crippen LogP contribution in [0.3, 0.4) is 0 Å². The third-order valence-electron chi connectivity index (χ3n) is 7.60. The first-order chi connectivity index (χ1) is 19.5. The molecule has 1 aromatic heterocycles. The van der Waals surface area contributed by atoms with Crippen molar-refractivity contribution in [3.05, 3.63) is 80.6 Å². The van der Waals surface area contributed by atoms with E-state index in [0.29, 0.717) is 33.8 Å². The molecule has 2 aliphatic rings. The fourth-order valence-corrected chi connectivity index (χ4v) is 5.66. The van der Waals surface area contributed by atoms with Crippen molar-refractivity contribution >= 4 is 40.9 Å². The highest BCUT2D eigenvalue weighted by molar-refractivity contribution is 6.42. The molecule has 3 aromatic rings. The van der Waals surface area contributed by atoms with Crippen LogP contribution in [0.5, 0.6) is 5.75 Å². The van der Waals surface area contributed by atoms with Crippen molar-refractivity contribution in [2.24, 2.45) is 0 Å². The van der Waals surface area contributed by atoms with E-state index in [1.807, 2.05) is 6.92 Å². The number of ether oxygens (including phenoxy) is 1. The highest BCUT2D eigenvalue weighted by atomic mass is 35.5. The number of halogens is 4. The molecule has 3 heterocycles. The maximum atomic E-state index is 14.0. The highest BCUT2D eigenvalue weighted by Gasteiger charge is 2.43. The van der Waals surface area contributed by atoms with E-state index in [9.17, 15) is 23.2 Å². The van der Waals surface area contributed by atoms with Gasteiger partial charge in [-0.25, -0.2) is 4.68 Å². The maximum absolute atomic E-state index is 14.0. The molecule has 2 aliphatic heterocycles. The largest absolute Gasteiger partial charge is 0.435 e. The van der Waals surface area contributed by atoms with E-state index in [4.69, 9.17) is 23.2 Å². The normalized spacial score (nSPS) is 19.1. The average molecular weight is 606 g/mol. The molecule has 2 aromatic carbocycles. The summed E-state index contributed by atoms with van der Waals surface area (Å²) in [5.41, 5.74) is 2.49. The molecule has 0 fully saturated rings. The van der Waals surface area contributed by atoms with Crippen molar-refractivity contribution in [2.45, 2.75) is 51.6 Å². The quantitative estimate of drug-likeness (QED) is 0.432. The fraction of sp³-hybridized carbons (Fsp3) is 0.357. The molecule has 1 unspecified atom stereocenters. The van der Waals surface area contributed by atoms with Crippen LogP contribution < -0.4 is 10.1 Å². The number of nitrogens with zero attached hydrogens (tertiary/aromatic N) is 4. The van der Waals surface area contributed by atoms with Gasteiger partial charge in [0.15, 0.2) is 0 Å². The third-order valence-corrected chi connectivity index (χ3v) is 8.34. The minimum Gasteiger partial charge on any atom is -0.435 e. The van der Waals surface area contributed by atoms with Crippen molar-refractivity contribution in [2.75, 3.05) is 13.6 Å². The lowest BCUT2D eigenvalue weighted by atomic mass is 9.96. The summed E-state index contributed by atoms with van der Waals surface area (Å²) in [6.07, 6.45) is 0.386. The second-order valence-electron chi connectivity index (χ2n) is 10.0. The Morgan fingerprint density at radius 1 is 1.12 bits per heavy atom. The van der Waals surface area contributed by atoms with Crippen LogP contribution in [-0.2, 0) is 17.8 Å². The molecule has 0 bridgehead atoms. The van der Waals surface area contributed by atoms with Crippen molar-refractivity contribution in [3.8, 4) is 5.75 Å². The second-order valence-corrected chi connectivity index (χ2v) is 10.9. The average Bonchev–Trinajstić information content (AvgIpc) is 3.31. The summed E-state index contributed by atoms with van der Waals surface area (Å²) in [5.74, 6) is -0.953. The van der Waals surface area contributed by atoms with Gasteiger partial charge in [-0.05, 0) is 49.7 Å². The third kappa shape index (κ3) is 5.36. The van der Waals surface area contributed by atoms with Crippen LogP contribution in [0, 0.1) is 0 Å². The molecule has 3 amide bonds. The zero-order valence-corrected chi connectivity index (χ0v) is 23.9. The Labute approximate surface area is 244 Å². The molecule has 5 rings (SSSR count). The van der Waals surface area contributed by atoms with Gasteiger partial charge < -0.3 is 19.9 Å². The first kappa shape index (κ1) is 28.8. The number of alkyl halides is 2. The van der Waals surface area contributed by atoms with E-state index < -0.39 is 18.7 Å². The van der Waals surface area contributed by atoms with Crippen LogP contribution in [0.4, 0.5) is 8.78 Å². The van der Waals surface area contributed by atoms with Crippen LogP contribution in [0.1, 0.15) is 63.6 Å². The monoisotopic (exact) mass is 605 g/mol. The van der Waals surface area contributed by atoms with Crippen LogP contribution in [0.25, 0.3) is 0 Å². The molecule has 9 nitrogen and oxygen atoms in total. The van der Waals surface area contributed by atoms with Gasteiger partial charge in [-0.3, -0.25) is 14.4 Å². The summed E-state index contributed by atoms with van der Waals surface area (Å²) in [6.45, 7) is 0.892. The standard InChI is InChI=1S/C28H27Cl2F2N5O4/c1-14-10-22-19(12-35(14)26(39)17-6-9-20(29)21(30)11-17)24-27(40)36(13-23(25(38)33-3)37(24)34-22)15(2)16-4-7-18(8-5-16)41-28(31)32/h4-9,11,14-15,23,28H,10,12-13H2,1-3H3,(H,33,38)/t14-,15?,23+/m1/s1. The minimum atomic E-state index is -2.95. The van der Waals surface area contributed by atoms with Crippen molar-refractivity contribution in [1.29, 1.82) is 0 Å². The highest BCUT2D eigenvalue weighted by Crippen LogP contribution is 2.36. The number of aromatic nitrogens is 2. The van der Waals surface area contributed by atoms with Gasteiger partial charge in [0.2, 0.25) is 5.91 Å². The minimum absolute atomic E-state index is 0.00263. The van der Waals surface area contributed by atoms with Crippen LogP contribution >= 0.6 is 23.2 Å². The number of rotatable bonds is 6. The summed E-state index contributed by atoms with van der Waals surface area (Å²) in [7, 11) is 1.51. The molecule has 41 heavy (non-hydrogen) atoms. The molecule has 3 atom stereocenters. The first-order valence-corrected chi connectivity index (χ1v) is 13.7. The zero-order chi connectivity index (χ0) is 29.6. The number of fused-ring (bicyclic) bond motifs is 3. The molecule has 13 heteroatoms. The molecule has 1 N–H and O–H groups in total. The lowest BCUT2D eigenvalue weighted by Gasteiger charge is -2.38. The zero-order valence-electron chi connectivity index (χ0n) is 22.4. The van der Waals surface area contributed by atoms with Gasteiger partial charge in [0.1, 0.15) is 17.5 Å². The Balaban J connectivity index is 1.50. The smallest absolute Gasteiger partial charge is 0.387 e. The van der Waals surface area contributed by atoms with Gasteiger partial charge in [0.05, 0.1) is 34.9 Å².